The lowest BCUT2D eigenvalue weighted by molar-refractivity contribution is 1.16. The zero-order valence-corrected chi connectivity index (χ0v) is 13.0. The lowest BCUT2D eigenvalue weighted by atomic mass is 10.0. The van der Waals surface area contributed by atoms with Gasteiger partial charge in [-0.1, -0.05) is 49.6 Å². The highest BCUT2D eigenvalue weighted by Gasteiger charge is 2.10. The summed E-state index contributed by atoms with van der Waals surface area (Å²) in [6.07, 6.45) is 5.11. The van der Waals surface area contributed by atoms with Crippen LogP contribution < -0.4 is 0 Å². The van der Waals surface area contributed by atoms with E-state index in [9.17, 15) is 0 Å². The van der Waals surface area contributed by atoms with Crippen molar-refractivity contribution in [2.24, 2.45) is 0 Å². The predicted octanol–water partition coefficient (Wildman–Crippen LogP) is 4.34. The summed E-state index contributed by atoms with van der Waals surface area (Å²) >= 11 is 0. The summed E-state index contributed by atoms with van der Waals surface area (Å²) in [6.45, 7) is 7.44. The highest BCUT2D eigenvalue weighted by atomic mass is 14.9. The molecule has 4 heteroatoms. The van der Waals surface area contributed by atoms with Gasteiger partial charge in [0.1, 0.15) is 5.69 Å². The molecular weight excluding hydrogens is 296 g/mol. The van der Waals surface area contributed by atoms with E-state index in [0.717, 1.165) is 10.9 Å². The number of nitriles is 1. The topological polar surface area (TPSA) is 62.5 Å². The Bertz CT molecular complexity index is 1010. The molecular formula is C20H14N4. The van der Waals surface area contributed by atoms with E-state index < -0.39 is 0 Å². The van der Waals surface area contributed by atoms with Gasteiger partial charge in [-0.2, -0.15) is 5.26 Å². The Hall–Kier alpha value is -3.58. The first-order valence-corrected chi connectivity index (χ1v) is 7.34. The zero-order chi connectivity index (χ0) is 16.9. The Labute approximate surface area is 140 Å². The largest absolute Gasteiger partial charge is 0.244 e. The van der Waals surface area contributed by atoms with Crippen LogP contribution in [0.25, 0.3) is 28.0 Å². The highest BCUT2D eigenvalue weighted by Crippen LogP contribution is 2.23. The Morgan fingerprint density at radius 1 is 1.08 bits per heavy atom. The Balaban J connectivity index is 2.09. The average molecular weight is 310 g/mol. The second-order valence-corrected chi connectivity index (χ2v) is 5.07. The van der Waals surface area contributed by atoms with Crippen LogP contribution in [-0.4, -0.2) is 15.0 Å². The lowest BCUT2D eigenvalue weighted by Crippen LogP contribution is -1.96. The molecule has 0 atom stereocenters. The smallest absolute Gasteiger partial charge is 0.178 e. The maximum Gasteiger partial charge on any atom is 0.178 e. The highest BCUT2D eigenvalue weighted by molar-refractivity contribution is 5.82. The predicted molar refractivity (Wildman–Crippen MR) is 95.7 cm³/mol. The molecule has 0 saturated heterocycles. The van der Waals surface area contributed by atoms with Crippen LogP contribution in [0.2, 0.25) is 0 Å². The summed E-state index contributed by atoms with van der Waals surface area (Å²) in [4.78, 5) is 13.5. The molecule has 2 aromatic heterocycles. The van der Waals surface area contributed by atoms with Gasteiger partial charge in [0.15, 0.2) is 5.82 Å². The van der Waals surface area contributed by atoms with E-state index in [2.05, 4.69) is 28.1 Å². The molecule has 2 heterocycles. The van der Waals surface area contributed by atoms with E-state index in [1.54, 1.807) is 18.3 Å². The minimum atomic E-state index is 0.332. The third kappa shape index (κ3) is 2.96. The van der Waals surface area contributed by atoms with Gasteiger partial charge in [-0.05, 0) is 18.2 Å². The van der Waals surface area contributed by atoms with Gasteiger partial charge < -0.3 is 0 Å². The van der Waals surface area contributed by atoms with E-state index >= 15 is 0 Å². The van der Waals surface area contributed by atoms with Crippen LogP contribution in [-0.2, 0) is 0 Å². The van der Waals surface area contributed by atoms with Gasteiger partial charge in [0.2, 0.25) is 0 Å². The molecule has 1 aromatic carbocycles. The quantitative estimate of drug-likeness (QED) is 0.531. The fraction of sp³-hybridized carbons (Fsp3) is 0. The van der Waals surface area contributed by atoms with Crippen LogP contribution in [0.15, 0.2) is 79.5 Å². The number of hydrogen-bond acceptors (Lipinski definition) is 4. The first-order chi connectivity index (χ1) is 11.7. The molecule has 3 rings (SSSR count). The number of allylic oxidation sites excluding steroid dienone is 4. The van der Waals surface area contributed by atoms with Gasteiger partial charge in [-0.25, -0.2) is 15.0 Å². The van der Waals surface area contributed by atoms with Crippen LogP contribution in [0.3, 0.4) is 0 Å². The number of fused-ring (bicyclic) bond motifs is 1. The van der Waals surface area contributed by atoms with Crippen molar-refractivity contribution in [1.82, 2.24) is 15.0 Å². The van der Waals surface area contributed by atoms with Crippen molar-refractivity contribution in [1.29, 1.82) is 5.26 Å². The van der Waals surface area contributed by atoms with E-state index in [0.29, 0.717) is 28.4 Å². The number of nitrogens with zero attached hydrogens (tertiary/aromatic N) is 4. The molecule has 3 aromatic rings. The van der Waals surface area contributed by atoms with Gasteiger partial charge in [0.25, 0.3) is 0 Å². The Morgan fingerprint density at radius 3 is 2.71 bits per heavy atom. The van der Waals surface area contributed by atoms with Crippen LogP contribution in [0.4, 0.5) is 0 Å². The van der Waals surface area contributed by atoms with Crippen molar-refractivity contribution in [3.8, 4) is 17.6 Å². The zero-order valence-electron chi connectivity index (χ0n) is 13.0. The van der Waals surface area contributed by atoms with Crippen molar-refractivity contribution < 1.29 is 0 Å². The van der Waals surface area contributed by atoms with Crippen molar-refractivity contribution >= 4 is 16.5 Å². The lowest BCUT2D eigenvalue weighted by Gasteiger charge is -2.07. The molecule has 0 bridgehead atoms. The van der Waals surface area contributed by atoms with Crippen molar-refractivity contribution in [3.63, 3.8) is 0 Å². The fourth-order valence-electron chi connectivity index (χ4n) is 2.32. The van der Waals surface area contributed by atoms with Gasteiger partial charge in [0, 0.05) is 17.2 Å². The van der Waals surface area contributed by atoms with E-state index in [1.807, 2.05) is 48.5 Å². The SMILES string of the molecule is C=C/C=C(\C(=C)C#N)c1cccc(-c2ncc3ccccc3n2)n1. The normalized spacial score (nSPS) is 11.0. The van der Waals surface area contributed by atoms with Crippen LogP contribution in [0.5, 0.6) is 0 Å². The standard InChI is InChI=1S/C20H14N4/c1-3-7-16(14(2)12-21)18-10-6-11-19(23-18)20-22-13-15-8-4-5-9-17(15)24-20/h3-11,13H,1-2H2/b16-7+. The van der Waals surface area contributed by atoms with Crippen molar-refractivity contribution in [3.05, 3.63) is 85.2 Å². The summed E-state index contributed by atoms with van der Waals surface area (Å²) < 4.78 is 0. The molecule has 0 aliphatic rings. The molecule has 114 valence electrons. The number of aromatic nitrogens is 3. The minimum Gasteiger partial charge on any atom is -0.244 e. The molecule has 0 amide bonds. The maximum atomic E-state index is 9.12. The van der Waals surface area contributed by atoms with Crippen molar-refractivity contribution in [2.45, 2.75) is 0 Å². The summed E-state index contributed by atoms with van der Waals surface area (Å²) in [7, 11) is 0. The first kappa shape index (κ1) is 15.3. The van der Waals surface area contributed by atoms with Crippen LogP contribution >= 0.6 is 0 Å². The van der Waals surface area contributed by atoms with Gasteiger partial charge in [-0.15, -0.1) is 0 Å². The maximum absolute atomic E-state index is 9.12. The summed E-state index contributed by atoms with van der Waals surface area (Å²) in [6, 6.07) is 15.4. The second-order valence-electron chi connectivity index (χ2n) is 5.07. The Kier molecular flexibility index (Phi) is 4.26. The van der Waals surface area contributed by atoms with Gasteiger partial charge in [0.05, 0.1) is 22.9 Å². The molecule has 0 aliphatic carbocycles. The molecule has 24 heavy (non-hydrogen) atoms. The fourth-order valence-corrected chi connectivity index (χ4v) is 2.32. The van der Waals surface area contributed by atoms with Crippen LogP contribution in [0.1, 0.15) is 5.69 Å². The molecule has 0 spiro atoms. The molecule has 0 N–H and O–H groups in total. The van der Waals surface area contributed by atoms with Gasteiger partial charge in [-0.3, -0.25) is 0 Å². The number of hydrogen-bond donors (Lipinski definition) is 0. The van der Waals surface area contributed by atoms with Crippen molar-refractivity contribution in [2.75, 3.05) is 0 Å². The van der Waals surface area contributed by atoms with Crippen LogP contribution in [0, 0.1) is 11.3 Å². The van der Waals surface area contributed by atoms with Gasteiger partial charge >= 0.3 is 0 Å². The summed E-state index contributed by atoms with van der Waals surface area (Å²) in [5.41, 5.74) is 3.10. The molecule has 0 saturated carbocycles. The summed E-state index contributed by atoms with van der Waals surface area (Å²) in [5.74, 6) is 0.538. The third-order valence-corrected chi connectivity index (χ3v) is 3.49. The number of para-hydroxylation sites is 1. The number of benzene rings is 1. The first-order valence-electron chi connectivity index (χ1n) is 7.34. The Morgan fingerprint density at radius 2 is 1.92 bits per heavy atom. The second kappa shape index (κ2) is 6.67. The monoisotopic (exact) mass is 310 g/mol. The summed E-state index contributed by atoms with van der Waals surface area (Å²) in [5, 5.41) is 10.1. The number of rotatable bonds is 4. The molecule has 0 unspecified atom stereocenters. The third-order valence-electron chi connectivity index (χ3n) is 3.49. The minimum absolute atomic E-state index is 0.332. The van der Waals surface area contributed by atoms with E-state index in [4.69, 9.17) is 5.26 Å². The molecule has 0 fully saturated rings. The van der Waals surface area contributed by atoms with E-state index in [1.165, 1.54) is 0 Å². The number of pyridine rings is 1. The van der Waals surface area contributed by atoms with E-state index in [-0.39, 0.29) is 0 Å². The molecule has 0 radical (unpaired) electrons. The average Bonchev–Trinajstić information content (AvgIpc) is 2.65. The molecule has 0 aliphatic heterocycles. The molecule has 4 nitrogen and oxygen atoms in total.